The third-order valence-corrected chi connectivity index (χ3v) is 3.91. The Balaban J connectivity index is 2.44. The van der Waals surface area contributed by atoms with E-state index < -0.39 is 0 Å². The van der Waals surface area contributed by atoms with Crippen LogP contribution in [-0.4, -0.2) is 23.6 Å². The Morgan fingerprint density at radius 2 is 1.90 bits per heavy atom. The van der Waals surface area contributed by atoms with Crippen molar-refractivity contribution in [3.63, 3.8) is 0 Å². The normalized spacial score (nSPS) is 16.6. The molecule has 0 bridgehead atoms. The van der Waals surface area contributed by atoms with Gasteiger partial charge >= 0.3 is 0 Å². The van der Waals surface area contributed by atoms with Gasteiger partial charge in [0.15, 0.2) is 5.82 Å². The first-order valence-corrected chi connectivity index (χ1v) is 7.83. The number of rotatable bonds is 5. The van der Waals surface area contributed by atoms with Gasteiger partial charge in [0.25, 0.3) is 0 Å². The minimum atomic E-state index is -0.0269. The molecule has 4 heteroatoms. The second-order valence-electron chi connectivity index (χ2n) is 5.85. The largest absolute Gasteiger partial charge is 0.373 e. The molecular formula is C16H27N3O. The Kier molecular flexibility index (Phi) is 5.35. The molecule has 1 N–H and O–H groups in total. The molecule has 1 aliphatic carbocycles. The van der Waals surface area contributed by atoms with Gasteiger partial charge in [0.2, 0.25) is 0 Å². The molecule has 0 aromatic carbocycles. The number of hydrogen-bond donors (Lipinski definition) is 1. The Morgan fingerprint density at radius 1 is 1.15 bits per heavy atom. The van der Waals surface area contributed by atoms with Gasteiger partial charge in [-0.25, -0.2) is 9.97 Å². The van der Waals surface area contributed by atoms with Gasteiger partial charge in [-0.05, 0) is 38.5 Å². The summed E-state index contributed by atoms with van der Waals surface area (Å²) in [5, 5.41) is 3.42. The molecule has 0 fully saturated rings. The lowest BCUT2D eigenvalue weighted by Crippen LogP contribution is -2.17. The van der Waals surface area contributed by atoms with Crippen molar-refractivity contribution in [2.24, 2.45) is 5.92 Å². The summed E-state index contributed by atoms with van der Waals surface area (Å²) in [7, 11) is 1.74. The van der Waals surface area contributed by atoms with Crippen LogP contribution in [-0.2, 0) is 17.6 Å². The highest BCUT2D eigenvalue weighted by atomic mass is 16.5. The molecule has 1 aromatic heterocycles. The molecule has 1 heterocycles. The molecule has 1 atom stereocenters. The van der Waals surface area contributed by atoms with E-state index in [0.717, 1.165) is 31.0 Å². The van der Waals surface area contributed by atoms with Crippen LogP contribution in [0.2, 0.25) is 0 Å². The number of fused-ring (bicyclic) bond motifs is 1. The fraction of sp³-hybridized carbons (Fsp3) is 0.750. The minimum absolute atomic E-state index is 0.0269. The predicted molar refractivity (Wildman–Crippen MR) is 82.0 cm³/mol. The Hall–Kier alpha value is -1.16. The summed E-state index contributed by atoms with van der Waals surface area (Å²) in [6.07, 6.45) is 5.89. The van der Waals surface area contributed by atoms with Crippen molar-refractivity contribution < 1.29 is 4.74 Å². The maximum absolute atomic E-state index is 5.60. The van der Waals surface area contributed by atoms with Crippen molar-refractivity contribution in [3.05, 3.63) is 17.1 Å². The van der Waals surface area contributed by atoms with Gasteiger partial charge in [0.1, 0.15) is 11.9 Å². The van der Waals surface area contributed by atoms with Crippen molar-refractivity contribution in [2.45, 2.75) is 59.0 Å². The van der Waals surface area contributed by atoms with Crippen LogP contribution in [0.25, 0.3) is 0 Å². The summed E-state index contributed by atoms with van der Waals surface area (Å²) in [6.45, 7) is 7.30. The van der Waals surface area contributed by atoms with Crippen molar-refractivity contribution in [1.82, 2.24) is 9.97 Å². The SMILES string of the molecule is CCNc1nc(C(OC)C(C)C)nc2c1CCCCC2. The van der Waals surface area contributed by atoms with Gasteiger partial charge in [-0.1, -0.05) is 20.3 Å². The molecule has 1 aliphatic rings. The summed E-state index contributed by atoms with van der Waals surface area (Å²) in [5.41, 5.74) is 2.55. The number of aromatic nitrogens is 2. The first-order valence-electron chi connectivity index (χ1n) is 7.83. The lowest BCUT2D eigenvalue weighted by atomic mass is 10.0. The van der Waals surface area contributed by atoms with Crippen molar-refractivity contribution in [3.8, 4) is 0 Å². The predicted octanol–water partition coefficient (Wildman–Crippen LogP) is 3.52. The van der Waals surface area contributed by atoms with Crippen LogP contribution >= 0.6 is 0 Å². The number of nitrogens with zero attached hydrogens (tertiary/aromatic N) is 2. The molecule has 0 saturated heterocycles. The Labute approximate surface area is 122 Å². The number of ether oxygens (including phenoxy) is 1. The fourth-order valence-electron chi connectivity index (χ4n) is 2.91. The number of methoxy groups -OCH3 is 1. The van der Waals surface area contributed by atoms with Crippen LogP contribution in [0, 0.1) is 5.92 Å². The van der Waals surface area contributed by atoms with Crippen LogP contribution in [0.3, 0.4) is 0 Å². The van der Waals surface area contributed by atoms with E-state index >= 15 is 0 Å². The number of hydrogen-bond acceptors (Lipinski definition) is 4. The second-order valence-corrected chi connectivity index (χ2v) is 5.85. The quantitative estimate of drug-likeness (QED) is 0.837. The summed E-state index contributed by atoms with van der Waals surface area (Å²) in [6, 6.07) is 0. The van der Waals surface area contributed by atoms with Crippen molar-refractivity contribution in [2.75, 3.05) is 19.0 Å². The maximum Gasteiger partial charge on any atom is 0.159 e. The molecule has 2 rings (SSSR count). The van der Waals surface area contributed by atoms with E-state index in [0.29, 0.717) is 5.92 Å². The zero-order valence-corrected chi connectivity index (χ0v) is 13.2. The van der Waals surface area contributed by atoms with E-state index in [1.807, 2.05) is 0 Å². The molecule has 0 spiro atoms. The maximum atomic E-state index is 5.60. The van der Waals surface area contributed by atoms with Crippen LogP contribution in [0.1, 0.15) is 63.2 Å². The van der Waals surface area contributed by atoms with E-state index in [2.05, 4.69) is 26.1 Å². The Morgan fingerprint density at radius 3 is 2.55 bits per heavy atom. The molecule has 4 nitrogen and oxygen atoms in total. The standard InChI is InChI=1S/C16H27N3O/c1-5-17-15-12-9-7-6-8-10-13(12)18-16(19-15)14(20-4)11(2)3/h11,14H,5-10H2,1-4H3,(H,17,18,19). The monoisotopic (exact) mass is 277 g/mol. The zero-order chi connectivity index (χ0) is 14.5. The summed E-state index contributed by atoms with van der Waals surface area (Å²) >= 11 is 0. The van der Waals surface area contributed by atoms with E-state index in [1.54, 1.807) is 7.11 Å². The number of nitrogens with one attached hydrogen (secondary N) is 1. The third kappa shape index (κ3) is 3.29. The lowest BCUT2D eigenvalue weighted by molar-refractivity contribution is 0.0573. The fourth-order valence-corrected chi connectivity index (χ4v) is 2.91. The molecular weight excluding hydrogens is 250 g/mol. The average Bonchev–Trinajstić information content (AvgIpc) is 2.65. The first-order chi connectivity index (χ1) is 9.67. The van der Waals surface area contributed by atoms with Gasteiger partial charge in [-0.3, -0.25) is 0 Å². The van der Waals surface area contributed by atoms with Crippen LogP contribution in [0.4, 0.5) is 5.82 Å². The molecule has 1 aromatic rings. The van der Waals surface area contributed by atoms with E-state index in [4.69, 9.17) is 14.7 Å². The van der Waals surface area contributed by atoms with Gasteiger partial charge in [0.05, 0.1) is 0 Å². The highest BCUT2D eigenvalue weighted by molar-refractivity contribution is 5.47. The molecule has 0 amide bonds. The summed E-state index contributed by atoms with van der Waals surface area (Å²) < 4.78 is 5.60. The molecule has 1 unspecified atom stereocenters. The number of anilines is 1. The third-order valence-electron chi connectivity index (χ3n) is 3.91. The topological polar surface area (TPSA) is 47.0 Å². The first kappa shape index (κ1) is 15.2. The van der Waals surface area contributed by atoms with E-state index in [9.17, 15) is 0 Å². The molecule has 112 valence electrons. The summed E-state index contributed by atoms with van der Waals surface area (Å²) in [5.74, 6) is 2.23. The van der Waals surface area contributed by atoms with Gasteiger partial charge in [0, 0.05) is 24.9 Å². The Bertz CT molecular complexity index is 446. The highest BCUT2D eigenvalue weighted by Crippen LogP contribution is 2.29. The van der Waals surface area contributed by atoms with Gasteiger partial charge in [-0.2, -0.15) is 0 Å². The zero-order valence-electron chi connectivity index (χ0n) is 13.2. The molecule has 20 heavy (non-hydrogen) atoms. The van der Waals surface area contributed by atoms with Crippen LogP contribution in [0.5, 0.6) is 0 Å². The van der Waals surface area contributed by atoms with Crippen LogP contribution in [0.15, 0.2) is 0 Å². The molecule has 0 radical (unpaired) electrons. The number of aryl methyl sites for hydroxylation is 1. The van der Waals surface area contributed by atoms with Crippen LogP contribution < -0.4 is 5.32 Å². The second kappa shape index (κ2) is 7.02. The van der Waals surface area contributed by atoms with E-state index in [-0.39, 0.29) is 6.10 Å². The van der Waals surface area contributed by atoms with Crippen molar-refractivity contribution in [1.29, 1.82) is 0 Å². The smallest absolute Gasteiger partial charge is 0.159 e. The lowest BCUT2D eigenvalue weighted by Gasteiger charge is -2.21. The summed E-state index contributed by atoms with van der Waals surface area (Å²) in [4.78, 5) is 9.60. The van der Waals surface area contributed by atoms with Gasteiger partial charge < -0.3 is 10.1 Å². The molecule has 0 saturated carbocycles. The van der Waals surface area contributed by atoms with E-state index in [1.165, 1.54) is 30.5 Å². The average molecular weight is 277 g/mol. The van der Waals surface area contributed by atoms with Crippen molar-refractivity contribution >= 4 is 5.82 Å². The van der Waals surface area contributed by atoms with Gasteiger partial charge in [-0.15, -0.1) is 0 Å². The minimum Gasteiger partial charge on any atom is -0.373 e. The highest BCUT2D eigenvalue weighted by Gasteiger charge is 2.23. The molecule has 0 aliphatic heterocycles.